The van der Waals surface area contributed by atoms with E-state index in [9.17, 15) is 57.3 Å². The Morgan fingerprint density at radius 1 is 0.602 bits per heavy atom. The van der Waals surface area contributed by atoms with E-state index >= 15 is 0 Å². The molecular weight excluding hydrogens is 1280 g/mol. The third kappa shape index (κ3) is 27.3. The smallest absolute Gasteiger partial charge is 0.407 e. The maximum absolute atomic E-state index is 14.7. The van der Waals surface area contributed by atoms with Crippen LogP contribution in [0.1, 0.15) is 90.4 Å². The molecule has 15 nitrogen and oxygen atoms in total. The number of alkyl halides is 8. The first kappa shape index (κ1) is 72.3. The highest BCUT2D eigenvalue weighted by molar-refractivity contribution is 9.10. The Morgan fingerprint density at radius 2 is 0.964 bits per heavy atom. The fourth-order valence-corrected chi connectivity index (χ4v) is 9.20. The molecule has 0 spiro atoms. The highest BCUT2D eigenvalue weighted by Gasteiger charge is 2.45. The molecule has 0 aliphatic rings. The van der Waals surface area contributed by atoms with Crippen LogP contribution in [-0.2, 0) is 30.2 Å². The molecule has 466 valence electrons. The molecule has 4 aromatic rings. The van der Waals surface area contributed by atoms with Gasteiger partial charge in [0.05, 0.1) is 55.8 Å². The van der Waals surface area contributed by atoms with Crippen molar-refractivity contribution in [3.63, 3.8) is 0 Å². The zero-order valence-corrected chi connectivity index (χ0v) is 52.7. The summed E-state index contributed by atoms with van der Waals surface area (Å²) in [6.07, 6.45) is -6.83. The van der Waals surface area contributed by atoms with Gasteiger partial charge in [0, 0.05) is 82.4 Å². The summed E-state index contributed by atoms with van der Waals surface area (Å²) in [5.74, 6) is 0.553. The number of hydrogen-bond donors (Lipinski definition) is 6. The molecule has 0 aromatic heterocycles. The Bertz CT molecular complexity index is 2790. The molecule has 83 heavy (non-hydrogen) atoms. The quantitative estimate of drug-likeness (QED) is 0.0253. The molecule has 1 unspecified atom stereocenters. The lowest BCUT2D eigenvalue weighted by Crippen LogP contribution is -2.53. The average molecular weight is 1350 g/mol. The third-order valence-corrected chi connectivity index (χ3v) is 15.0. The van der Waals surface area contributed by atoms with Crippen molar-refractivity contribution in [1.29, 1.82) is 0 Å². The van der Waals surface area contributed by atoms with E-state index in [2.05, 4.69) is 63.8 Å². The second-order valence-corrected chi connectivity index (χ2v) is 26.3. The van der Waals surface area contributed by atoms with E-state index in [0.29, 0.717) is 61.9 Å². The highest BCUT2D eigenvalue weighted by atomic mass is 79.9. The molecule has 0 aliphatic heterocycles. The molecular formula is C56H76Br2F8N6O9S2. The van der Waals surface area contributed by atoms with Gasteiger partial charge < -0.3 is 40.2 Å². The van der Waals surface area contributed by atoms with Crippen molar-refractivity contribution < 1.29 is 76.3 Å². The second-order valence-electron chi connectivity index (χ2n) is 20.7. The summed E-state index contributed by atoms with van der Waals surface area (Å²) in [6, 6.07) is 12.7. The van der Waals surface area contributed by atoms with Crippen LogP contribution in [0.5, 0.6) is 23.0 Å². The fraction of sp³-hybridized carbons (Fsp3) is 0.536. The number of nitrogens with one attached hydrogen (secondary N) is 6. The van der Waals surface area contributed by atoms with Crippen molar-refractivity contribution in [2.45, 2.75) is 127 Å². The molecule has 0 aliphatic carbocycles. The van der Waals surface area contributed by atoms with Gasteiger partial charge in [0.15, 0.2) is 9.84 Å². The molecule has 4 aromatic carbocycles. The van der Waals surface area contributed by atoms with E-state index in [1.807, 2.05) is 6.92 Å². The molecule has 27 heteroatoms. The highest BCUT2D eigenvalue weighted by Crippen LogP contribution is 2.37. The van der Waals surface area contributed by atoms with Gasteiger partial charge >= 0.3 is 12.4 Å². The van der Waals surface area contributed by atoms with Gasteiger partial charge in [-0.25, -0.2) is 17.2 Å². The lowest BCUT2D eigenvalue weighted by molar-refractivity contribution is -0.162. The minimum Gasteiger partial charge on any atom is -0.494 e. The van der Waals surface area contributed by atoms with Crippen LogP contribution in [0.15, 0.2) is 93.9 Å². The number of methoxy groups -OCH3 is 2. The number of amides is 2. The Kier molecular flexibility index (Phi) is 28.8. The van der Waals surface area contributed by atoms with Crippen LogP contribution in [-0.4, -0.2) is 137 Å². The summed E-state index contributed by atoms with van der Waals surface area (Å²) in [4.78, 5) is 26.5. The molecule has 0 bridgehead atoms. The molecule has 4 rings (SSSR count). The Balaban J connectivity index is 0.000000435. The lowest BCUT2D eigenvalue weighted by atomic mass is 9.97. The van der Waals surface area contributed by atoms with Gasteiger partial charge in [-0.05, 0) is 100 Å². The Labute approximate surface area is 500 Å². The normalized spacial score (nSPS) is 14.7. The van der Waals surface area contributed by atoms with Crippen molar-refractivity contribution >= 4 is 75.7 Å². The molecule has 0 fully saturated rings. The standard InChI is InChI=1S/C28H38BrF4N3O5S.C28H38BrF4N3O4S/c1-6-20(17-34-22-12-11-21(15-24(22)40-4)41-13-14-42(5,38)39)35-26(37)23(16-27(2,3)30)36-25(28(31,32)33)18-7-9-19(29)10-8-18;1-6-20(17-34-22-12-11-21(15-24(22)39-4)40-13-14-41(5)38)35-26(37)23(16-27(2,3)30)36-25(28(31,32)33)18-7-9-19(29)10-8-18/h7-12,15,20,23,25,34,36H,6,13-14,16-17H2,1-5H3,(H,35,37);7-12,15,20,23,25,34,36H,6,13-14,16-17H2,1-5H3,(H,35,37)/t20-,23-,25-;20-,23-,25-,41?/m00/s1. The number of sulfone groups is 1. The number of rotatable bonds is 32. The van der Waals surface area contributed by atoms with E-state index in [4.69, 9.17) is 18.9 Å². The molecule has 2 amide bonds. The molecule has 0 heterocycles. The van der Waals surface area contributed by atoms with Gasteiger partial charge in [0.1, 0.15) is 53.0 Å². The summed E-state index contributed by atoms with van der Waals surface area (Å²) in [7, 11) is -1.23. The predicted molar refractivity (Wildman–Crippen MR) is 316 cm³/mol. The van der Waals surface area contributed by atoms with Crippen LogP contribution < -0.4 is 50.8 Å². The van der Waals surface area contributed by atoms with E-state index in [1.54, 1.807) is 49.6 Å². The maximum atomic E-state index is 14.7. The number of carbonyl (C=O) groups is 2. The first-order valence-electron chi connectivity index (χ1n) is 26.3. The Morgan fingerprint density at radius 3 is 1.27 bits per heavy atom. The monoisotopic (exact) mass is 1350 g/mol. The van der Waals surface area contributed by atoms with Crippen LogP contribution in [0.2, 0.25) is 0 Å². The molecule has 7 atom stereocenters. The van der Waals surface area contributed by atoms with E-state index < -0.39 is 105 Å². The van der Waals surface area contributed by atoms with Crippen LogP contribution in [0.4, 0.5) is 46.5 Å². The Hall–Kier alpha value is -4.96. The maximum Gasteiger partial charge on any atom is 0.407 e. The van der Waals surface area contributed by atoms with Crippen LogP contribution >= 0.6 is 31.9 Å². The van der Waals surface area contributed by atoms with Crippen LogP contribution in [0, 0.1) is 0 Å². The number of halogens is 10. The first-order valence-corrected chi connectivity index (χ1v) is 31.6. The van der Waals surface area contributed by atoms with E-state index in [1.165, 1.54) is 90.4 Å². The van der Waals surface area contributed by atoms with Gasteiger partial charge in [-0.1, -0.05) is 70.0 Å². The number of carbonyl (C=O) groups excluding carboxylic acids is 2. The van der Waals surface area contributed by atoms with E-state index in [-0.39, 0.29) is 43.2 Å². The average Bonchev–Trinajstić information content (AvgIpc) is 3.50. The predicted octanol–water partition coefficient (Wildman–Crippen LogP) is 11.5. The van der Waals surface area contributed by atoms with Crippen molar-refractivity contribution in [3.8, 4) is 23.0 Å². The minimum atomic E-state index is -4.74. The number of hydrogen-bond acceptors (Lipinski definition) is 13. The summed E-state index contributed by atoms with van der Waals surface area (Å²) in [6.45, 7) is 9.14. The van der Waals surface area contributed by atoms with E-state index in [0.717, 1.165) is 6.26 Å². The fourth-order valence-electron chi connectivity index (χ4n) is 7.96. The first-order chi connectivity index (χ1) is 38.5. The topological polar surface area (TPSA) is 194 Å². The van der Waals surface area contributed by atoms with Gasteiger partial charge in [-0.2, -0.15) is 26.3 Å². The zero-order chi connectivity index (χ0) is 62.5. The third-order valence-electron chi connectivity index (χ3n) is 12.3. The summed E-state index contributed by atoms with van der Waals surface area (Å²) in [5, 5.41) is 16.6. The van der Waals surface area contributed by atoms with Crippen LogP contribution in [0.3, 0.4) is 0 Å². The van der Waals surface area contributed by atoms with Gasteiger partial charge in [0.25, 0.3) is 0 Å². The van der Waals surface area contributed by atoms with Gasteiger partial charge in [-0.3, -0.25) is 24.4 Å². The van der Waals surface area contributed by atoms with Crippen molar-refractivity contribution in [2.24, 2.45) is 0 Å². The number of ether oxygens (including phenoxy) is 4. The second kappa shape index (κ2) is 33.1. The SMILES string of the molecule is CC[C@@H](CNc1ccc(OCCS(C)(=O)=O)cc1OC)NC(=O)[C@H](CC(C)(C)F)N[C@@H](c1ccc(Br)cc1)C(F)(F)F.CC[C@@H](CNc1ccc(OCCS(C)=O)cc1OC)NC(=O)[C@H](CC(C)(C)F)N[C@@H](c1ccc(Br)cc1)C(F)(F)F. The lowest BCUT2D eigenvalue weighted by Gasteiger charge is -2.31. The zero-order valence-electron chi connectivity index (χ0n) is 47.9. The van der Waals surface area contributed by atoms with Crippen molar-refractivity contribution in [2.75, 3.05) is 75.2 Å². The molecule has 6 N–H and O–H groups in total. The minimum absolute atomic E-state index is 0.0272. The number of anilines is 2. The van der Waals surface area contributed by atoms with Crippen LogP contribution in [0.25, 0.3) is 0 Å². The van der Waals surface area contributed by atoms with Gasteiger partial charge in [-0.15, -0.1) is 0 Å². The molecule has 0 saturated carbocycles. The summed E-state index contributed by atoms with van der Waals surface area (Å²) < 4.78 is 171. The molecule has 0 radical (unpaired) electrons. The summed E-state index contributed by atoms with van der Waals surface area (Å²) >= 11 is 6.41. The van der Waals surface area contributed by atoms with Gasteiger partial charge in [0.2, 0.25) is 11.8 Å². The molecule has 0 saturated heterocycles. The summed E-state index contributed by atoms with van der Waals surface area (Å²) in [5.41, 5.74) is -2.88. The number of benzene rings is 4. The van der Waals surface area contributed by atoms with Crippen molar-refractivity contribution in [1.82, 2.24) is 21.3 Å². The largest absolute Gasteiger partial charge is 0.494 e. The van der Waals surface area contributed by atoms with Crippen molar-refractivity contribution in [3.05, 3.63) is 105 Å².